The number of amides is 1. The van der Waals surface area contributed by atoms with Gasteiger partial charge in [-0.3, -0.25) is 9.69 Å². The van der Waals surface area contributed by atoms with Crippen molar-refractivity contribution in [2.75, 3.05) is 23.9 Å². The monoisotopic (exact) mass is 466 g/mol. The van der Waals surface area contributed by atoms with Crippen LogP contribution in [-0.4, -0.2) is 39.8 Å². The van der Waals surface area contributed by atoms with E-state index in [1.807, 2.05) is 4.90 Å². The van der Waals surface area contributed by atoms with Crippen molar-refractivity contribution in [3.8, 4) is 5.75 Å². The minimum absolute atomic E-state index is 0.0483. The fourth-order valence-electron chi connectivity index (χ4n) is 4.12. The maximum Gasteiger partial charge on any atom is 0.251 e. The van der Waals surface area contributed by atoms with E-state index < -0.39 is 0 Å². The lowest BCUT2D eigenvalue weighted by Gasteiger charge is -2.32. The van der Waals surface area contributed by atoms with Crippen molar-refractivity contribution in [1.82, 2.24) is 20.2 Å². The van der Waals surface area contributed by atoms with Crippen LogP contribution in [-0.2, 0) is 4.79 Å². The van der Waals surface area contributed by atoms with Crippen molar-refractivity contribution >= 4 is 23.2 Å². The molecule has 1 aliphatic heterocycles. The van der Waals surface area contributed by atoms with Crippen LogP contribution in [0, 0.1) is 13.8 Å². The maximum absolute atomic E-state index is 13.1. The first-order valence-corrected chi connectivity index (χ1v) is 11.4. The first-order valence-electron chi connectivity index (χ1n) is 11.4. The van der Waals surface area contributed by atoms with E-state index in [4.69, 9.17) is 4.74 Å². The molecule has 35 heavy (non-hydrogen) atoms. The van der Waals surface area contributed by atoms with Crippen molar-refractivity contribution in [3.05, 3.63) is 101 Å². The largest absolute Gasteiger partial charge is 0.497 e. The number of aromatic nitrogens is 4. The summed E-state index contributed by atoms with van der Waals surface area (Å²) in [6.45, 7) is 4.16. The molecule has 1 aromatic heterocycles. The first-order chi connectivity index (χ1) is 17.0. The number of rotatable bonds is 6. The van der Waals surface area contributed by atoms with Gasteiger partial charge in [-0.25, -0.2) is 0 Å². The third-order valence-corrected chi connectivity index (χ3v) is 6.03. The zero-order valence-electron chi connectivity index (χ0n) is 19.8. The summed E-state index contributed by atoms with van der Waals surface area (Å²) in [7, 11) is 1.61. The van der Waals surface area contributed by atoms with Crippen LogP contribution in [0.5, 0.6) is 5.75 Å². The summed E-state index contributed by atoms with van der Waals surface area (Å²) in [6, 6.07) is 23.6. The van der Waals surface area contributed by atoms with Crippen LogP contribution in [0.3, 0.4) is 0 Å². The fourth-order valence-corrected chi connectivity index (χ4v) is 4.12. The third kappa shape index (κ3) is 4.63. The number of ether oxygens (including phenoxy) is 1. The van der Waals surface area contributed by atoms with E-state index >= 15 is 0 Å². The van der Waals surface area contributed by atoms with Crippen molar-refractivity contribution in [1.29, 1.82) is 0 Å². The number of hydrogen-bond donors (Lipinski definition) is 1. The van der Waals surface area contributed by atoms with Gasteiger partial charge >= 0.3 is 0 Å². The van der Waals surface area contributed by atoms with Crippen LogP contribution in [0.15, 0.2) is 78.9 Å². The van der Waals surface area contributed by atoms with Gasteiger partial charge in [-0.15, -0.1) is 0 Å². The highest BCUT2D eigenvalue weighted by molar-refractivity contribution is 5.97. The Hall–Kier alpha value is -4.46. The summed E-state index contributed by atoms with van der Waals surface area (Å²) in [5.74, 6) is 1.06. The molecule has 4 aromatic rings. The first kappa shape index (κ1) is 22.3. The van der Waals surface area contributed by atoms with Gasteiger partial charge in [0.25, 0.3) is 5.95 Å². The predicted molar refractivity (Wildman–Crippen MR) is 135 cm³/mol. The lowest BCUT2D eigenvalue weighted by atomic mass is 9.99. The molecule has 1 amide bonds. The Bertz CT molecular complexity index is 1360. The average molecular weight is 467 g/mol. The number of methoxy groups -OCH3 is 1. The Morgan fingerprint density at radius 2 is 1.60 bits per heavy atom. The van der Waals surface area contributed by atoms with Crippen LogP contribution in [0.2, 0.25) is 0 Å². The van der Waals surface area contributed by atoms with Gasteiger partial charge in [-0.05, 0) is 65.7 Å². The van der Waals surface area contributed by atoms with E-state index in [1.165, 1.54) is 5.56 Å². The number of tetrazole rings is 1. The molecule has 1 N–H and O–H groups in total. The molecule has 3 aromatic carbocycles. The van der Waals surface area contributed by atoms with Gasteiger partial charge in [0, 0.05) is 5.69 Å². The number of nitrogens with one attached hydrogen (secondary N) is 1. The maximum atomic E-state index is 13.1. The Morgan fingerprint density at radius 3 is 2.26 bits per heavy atom. The number of allylic oxidation sites excluding steroid dienone is 1. The molecule has 1 aliphatic rings. The average Bonchev–Trinajstić information content (AvgIpc) is 3.36. The molecule has 176 valence electrons. The second kappa shape index (κ2) is 9.42. The van der Waals surface area contributed by atoms with E-state index in [2.05, 4.69) is 89.3 Å². The number of aryl methyl sites for hydroxylation is 2. The minimum Gasteiger partial charge on any atom is -0.497 e. The molecule has 0 bridgehead atoms. The molecule has 0 fully saturated rings. The lowest BCUT2D eigenvalue weighted by molar-refractivity contribution is -0.114. The number of anilines is 2. The topological polar surface area (TPSA) is 85.2 Å². The van der Waals surface area contributed by atoms with Crippen molar-refractivity contribution < 1.29 is 9.53 Å². The highest BCUT2D eigenvalue weighted by Gasteiger charge is 2.32. The van der Waals surface area contributed by atoms with Gasteiger partial charge < -0.3 is 10.1 Å². The third-order valence-electron chi connectivity index (χ3n) is 6.03. The summed E-state index contributed by atoms with van der Waals surface area (Å²) >= 11 is 0. The molecule has 8 heteroatoms. The quantitative estimate of drug-likeness (QED) is 0.454. The standard InChI is InChI=1S/C27H26N6O2/c1-18-4-8-20(9-5-18)24-16-25(21-10-6-19(2)7-11-21)33-27(29-30-31-33)32(24)17-26(34)28-22-12-14-23(35-3)15-13-22/h4-16,25H,17H2,1-3H3,(H,28,34)/t25-/m0/s1. The number of carbonyl (C=O) groups is 1. The zero-order valence-corrected chi connectivity index (χ0v) is 19.8. The second-order valence-corrected chi connectivity index (χ2v) is 8.56. The lowest BCUT2D eigenvalue weighted by Crippen LogP contribution is -2.37. The normalized spacial score (nSPS) is 14.8. The Morgan fingerprint density at radius 1 is 0.943 bits per heavy atom. The van der Waals surface area contributed by atoms with Gasteiger partial charge in [0.2, 0.25) is 5.91 Å². The molecule has 0 unspecified atom stereocenters. The van der Waals surface area contributed by atoms with E-state index in [-0.39, 0.29) is 18.5 Å². The summed E-state index contributed by atoms with van der Waals surface area (Å²) in [5.41, 5.74) is 5.96. The van der Waals surface area contributed by atoms with Gasteiger partial charge in [-0.2, -0.15) is 4.68 Å². The van der Waals surface area contributed by atoms with Crippen LogP contribution in [0.4, 0.5) is 11.6 Å². The SMILES string of the molecule is COc1ccc(NC(=O)CN2C(c3ccc(C)cc3)=C[C@@H](c3ccc(C)cc3)n3nnnc32)cc1. The molecule has 0 radical (unpaired) electrons. The molecular formula is C27H26N6O2. The molecule has 2 heterocycles. The molecule has 8 nitrogen and oxygen atoms in total. The Labute approximate surface area is 203 Å². The molecular weight excluding hydrogens is 440 g/mol. The minimum atomic E-state index is -0.196. The van der Waals surface area contributed by atoms with Gasteiger partial charge in [0.15, 0.2) is 0 Å². The summed E-state index contributed by atoms with van der Waals surface area (Å²) < 4.78 is 6.95. The molecule has 1 atom stereocenters. The van der Waals surface area contributed by atoms with Crippen molar-refractivity contribution in [3.63, 3.8) is 0 Å². The Kier molecular flexibility index (Phi) is 6.01. The van der Waals surface area contributed by atoms with Crippen LogP contribution in [0.1, 0.15) is 28.3 Å². The predicted octanol–water partition coefficient (Wildman–Crippen LogP) is 4.39. The van der Waals surface area contributed by atoms with Gasteiger partial charge in [-0.1, -0.05) is 64.8 Å². The molecule has 0 saturated carbocycles. The second-order valence-electron chi connectivity index (χ2n) is 8.56. The van der Waals surface area contributed by atoms with E-state index in [0.29, 0.717) is 11.6 Å². The summed E-state index contributed by atoms with van der Waals surface area (Å²) in [4.78, 5) is 15.0. The number of carbonyl (C=O) groups excluding carboxylic acids is 1. The zero-order chi connectivity index (χ0) is 24.4. The van der Waals surface area contributed by atoms with Crippen molar-refractivity contribution in [2.24, 2.45) is 0 Å². The molecule has 0 aliphatic carbocycles. The highest BCUT2D eigenvalue weighted by Crippen LogP contribution is 2.36. The molecule has 5 rings (SSSR count). The number of nitrogens with zero attached hydrogens (tertiary/aromatic N) is 5. The smallest absolute Gasteiger partial charge is 0.251 e. The molecule has 0 spiro atoms. The number of fused-ring (bicyclic) bond motifs is 1. The van der Waals surface area contributed by atoms with E-state index in [1.54, 1.807) is 36.1 Å². The number of benzene rings is 3. The van der Waals surface area contributed by atoms with Gasteiger partial charge in [0.05, 0.1) is 12.8 Å². The van der Waals surface area contributed by atoms with Crippen molar-refractivity contribution in [2.45, 2.75) is 19.9 Å². The van der Waals surface area contributed by atoms with Crippen LogP contribution < -0.4 is 15.0 Å². The van der Waals surface area contributed by atoms with E-state index in [0.717, 1.165) is 28.1 Å². The molecule has 0 saturated heterocycles. The van der Waals surface area contributed by atoms with Crippen LogP contribution >= 0.6 is 0 Å². The summed E-state index contributed by atoms with van der Waals surface area (Å²) in [6.07, 6.45) is 2.11. The van der Waals surface area contributed by atoms with Gasteiger partial charge in [0.1, 0.15) is 18.3 Å². The highest BCUT2D eigenvalue weighted by atomic mass is 16.5. The number of hydrogen-bond acceptors (Lipinski definition) is 6. The Balaban J connectivity index is 1.50. The van der Waals surface area contributed by atoms with E-state index in [9.17, 15) is 4.79 Å². The fraction of sp³-hybridized carbons (Fsp3) is 0.185. The van der Waals surface area contributed by atoms with Crippen LogP contribution in [0.25, 0.3) is 5.70 Å². The summed E-state index contributed by atoms with van der Waals surface area (Å²) in [5, 5.41) is 15.5.